The molecule has 0 aromatic carbocycles. The molecule has 0 aliphatic carbocycles. The van der Waals surface area contributed by atoms with E-state index in [1.807, 2.05) is 0 Å². The van der Waals surface area contributed by atoms with Gasteiger partial charge in [-0.25, -0.2) is 0 Å². The Morgan fingerprint density at radius 2 is 0.581 bits per heavy atom. The number of aliphatic hydroxyl groups is 5. The summed E-state index contributed by atoms with van der Waals surface area (Å²) in [7, 11) is 0. The van der Waals surface area contributed by atoms with E-state index in [1.54, 1.807) is 0 Å². The van der Waals surface area contributed by atoms with Crippen molar-refractivity contribution in [2.45, 2.75) is 474 Å². The molecule has 0 spiro atoms. The lowest BCUT2D eigenvalue weighted by Gasteiger charge is -2.40. The number of nitrogens with one attached hydrogen (secondary N) is 1. The number of aliphatic hydroxyl groups excluding tert-OH is 5. The number of ether oxygens (including phenoxy) is 2. The maximum atomic E-state index is 13.2. The third kappa shape index (κ3) is 54.9. The molecule has 86 heavy (non-hydrogen) atoms. The molecule has 7 atom stereocenters. The maximum Gasteiger partial charge on any atom is 0.220 e. The van der Waals surface area contributed by atoms with E-state index in [0.29, 0.717) is 12.8 Å². The topological polar surface area (TPSA) is 149 Å². The van der Waals surface area contributed by atoms with E-state index < -0.39 is 49.5 Å². The van der Waals surface area contributed by atoms with Crippen molar-refractivity contribution >= 4 is 5.91 Å². The number of rotatable bonds is 71. The number of carbonyl (C=O) groups excluding carboxylic acids is 1. The third-order valence-electron chi connectivity index (χ3n) is 19.5. The van der Waals surface area contributed by atoms with Gasteiger partial charge in [-0.05, 0) is 12.8 Å². The molecule has 1 aliphatic heterocycles. The summed E-state index contributed by atoms with van der Waals surface area (Å²) in [6, 6.07) is -0.716. The van der Waals surface area contributed by atoms with Crippen molar-refractivity contribution in [3.63, 3.8) is 0 Å². The molecule has 9 heteroatoms. The van der Waals surface area contributed by atoms with Gasteiger partial charge >= 0.3 is 0 Å². The van der Waals surface area contributed by atoms with Gasteiger partial charge in [0.25, 0.3) is 0 Å². The number of hydrogen-bond acceptors (Lipinski definition) is 8. The SMILES string of the molecule is CCCCCCCCCCCCCCCCCCCCCCCCCCCCCCCCCCCCCCCCC(=O)NC(COC1OC(CO)C(O)C(O)C1O)C(O)CCCCCCCCCCCCCCCCCCCCCCCCCCC. The van der Waals surface area contributed by atoms with Gasteiger partial charge in [-0.3, -0.25) is 4.79 Å². The van der Waals surface area contributed by atoms with Crippen LogP contribution in [0.1, 0.15) is 431 Å². The largest absolute Gasteiger partial charge is 0.394 e. The average Bonchev–Trinajstić information content (AvgIpc) is 2.35. The van der Waals surface area contributed by atoms with Crippen molar-refractivity contribution < 1.29 is 39.8 Å². The highest BCUT2D eigenvalue weighted by atomic mass is 16.7. The van der Waals surface area contributed by atoms with E-state index in [0.717, 1.165) is 38.5 Å². The van der Waals surface area contributed by atoms with Gasteiger partial charge in [0.15, 0.2) is 6.29 Å². The van der Waals surface area contributed by atoms with Crippen LogP contribution in [-0.2, 0) is 14.3 Å². The first-order chi connectivity index (χ1) is 42.3. The fourth-order valence-electron chi connectivity index (χ4n) is 13.3. The summed E-state index contributed by atoms with van der Waals surface area (Å²) in [6.45, 7) is 3.92. The van der Waals surface area contributed by atoms with E-state index in [-0.39, 0.29) is 12.5 Å². The summed E-state index contributed by atoms with van der Waals surface area (Å²) in [6.07, 6.45) is 79.3. The maximum absolute atomic E-state index is 13.2. The van der Waals surface area contributed by atoms with Crippen molar-refractivity contribution in [3.8, 4) is 0 Å². The molecule has 7 unspecified atom stereocenters. The molecule has 0 aromatic heterocycles. The summed E-state index contributed by atoms with van der Waals surface area (Å²) in [5, 5.41) is 55.0. The molecule has 514 valence electrons. The highest BCUT2D eigenvalue weighted by Gasteiger charge is 2.44. The smallest absolute Gasteiger partial charge is 0.220 e. The average molecular weight is 1220 g/mol. The zero-order chi connectivity index (χ0) is 62.1. The minimum atomic E-state index is -1.55. The lowest BCUT2D eigenvalue weighted by Crippen LogP contribution is -2.60. The third-order valence-corrected chi connectivity index (χ3v) is 19.5. The Balaban J connectivity index is 2.02. The minimum absolute atomic E-state index is 0.130. The van der Waals surface area contributed by atoms with Gasteiger partial charge in [0.05, 0.1) is 25.4 Å². The van der Waals surface area contributed by atoms with E-state index in [9.17, 15) is 30.3 Å². The Morgan fingerprint density at radius 3 is 0.826 bits per heavy atom. The monoisotopic (exact) mass is 1220 g/mol. The Hall–Kier alpha value is -0.810. The van der Waals surface area contributed by atoms with Crippen LogP contribution < -0.4 is 5.32 Å². The Bertz CT molecular complexity index is 1320. The van der Waals surface area contributed by atoms with Gasteiger partial charge in [0, 0.05) is 6.42 Å². The van der Waals surface area contributed by atoms with Crippen LogP contribution in [0.4, 0.5) is 0 Å². The predicted molar refractivity (Wildman–Crippen MR) is 369 cm³/mol. The second-order valence-corrected chi connectivity index (χ2v) is 27.9. The lowest BCUT2D eigenvalue weighted by atomic mass is 9.99. The van der Waals surface area contributed by atoms with Crippen LogP contribution in [0.15, 0.2) is 0 Å². The van der Waals surface area contributed by atoms with Crippen molar-refractivity contribution in [1.29, 1.82) is 0 Å². The van der Waals surface area contributed by atoms with Crippen LogP contribution in [0.3, 0.4) is 0 Å². The van der Waals surface area contributed by atoms with Gasteiger partial charge in [-0.2, -0.15) is 0 Å². The summed E-state index contributed by atoms with van der Waals surface area (Å²) >= 11 is 0. The van der Waals surface area contributed by atoms with Gasteiger partial charge in [0.2, 0.25) is 5.91 Å². The number of carbonyl (C=O) groups is 1. The first kappa shape index (κ1) is 83.2. The molecule has 9 nitrogen and oxygen atoms in total. The lowest BCUT2D eigenvalue weighted by molar-refractivity contribution is -0.302. The second kappa shape index (κ2) is 67.1. The van der Waals surface area contributed by atoms with Gasteiger partial charge in [-0.1, -0.05) is 412 Å². The Kier molecular flexibility index (Phi) is 64.9. The van der Waals surface area contributed by atoms with E-state index in [1.165, 1.54) is 366 Å². The Labute approximate surface area is 535 Å². The van der Waals surface area contributed by atoms with Crippen LogP contribution in [0, 0.1) is 0 Å². The van der Waals surface area contributed by atoms with Gasteiger partial charge < -0.3 is 40.3 Å². The van der Waals surface area contributed by atoms with E-state index in [2.05, 4.69) is 19.2 Å². The van der Waals surface area contributed by atoms with E-state index >= 15 is 0 Å². The predicted octanol–water partition coefficient (Wildman–Crippen LogP) is 22.0. The summed E-state index contributed by atoms with van der Waals surface area (Å²) in [4.78, 5) is 13.2. The zero-order valence-electron chi connectivity index (χ0n) is 57.9. The van der Waals surface area contributed by atoms with Crippen LogP contribution in [-0.4, -0.2) is 87.5 Å². The fourth-order valence-corrected chi connectivity index (χ4v) is 13.3. The summed E-state index contributed by atoms with van der Waals surface area (Å²) in [5.41, 5.74) is 0. The molecule has 0 saturated carbocycles. The van der Waals surface area contributed by atoms with Crippen molar-refractivity contribution in [1.82, 2.24) is 5.32 Å². The standard InChI is InChI=1S/C77H153NO8/c1-3-5-7-9-11-13-15-17-19-21-23-25-27-29-30-31-32-33-34-35-36-37-38-39-40-41-43-45-47-49-51-53-55-57-59-61-63-65-67-73(81)78-70(69-85-77-76(84)75(83)74(82)72(68-79)86-77)71(80)66-64-62-60-58-56-54-52-50-48-46-44-42-28-26-24-22-20-18-16-14-12-10-8-6-4-2/h70-72,74-77,79-80,82-84H,3-69H2,1-2H3,(H,78,81). The quantitative estimate of drug-likeness (QED) is 0.0330. The molecule has 1 rings (SSSR count). The molecule has 1 amide bonds. The van der Waals surface area contributed by atoms with E-state index in [4.69, 9.17) is 9.47 Å². The van der Waals surface area contributed by atoms with Crippen molar-refractivity contribution in [3.05, 3.63) is 0 Å². The molecule has 0 bridgehead atoms. The van der Waals surface area contributed by atoms with Crippen molar-refractivity contribution in [2.75, 3.05) is 13.2 Å². The van der Waals surface area contributed by atoms with Crippen LogP contribution in [0.2, 0.25) is 0 Å². The fraction of sp³-hybridized carbons (Fsp3) is 0.987. The molecule has 1 heterocycles. The molecule has 1 saturated heterocycles. The number of hydrogen-bond donors (Lipinski definition) is 6. The van der Waals surface area contributed by atoms with Crippen LogP contribution in [0.5, 0.6) is 0 Å². The molecule has 0 aromatic rings. The number of unbranched alkanes of at least 4 members (excludes halogenated alkanes) is 61. The molecular weight excluding hydrogens is 1070 g/mol. The Morgan fingerprint density at radius 1 is 0.349 bits per heavy atom. The summed E-state index contributed by atoms with van der Waals surface area (Å²) in [5.74, 6) is -0.132. The van der Waals surface area contributed by atoms with Gasteiger partial charge in [-0.15, -0.1) is 0 Å². The van der Waals surface area contributed by atoms with Gasteiger partial charge in [0.1, 0.15) is 24.4 Å². The molecule has 1 fully saturated rings. The van der Waals surface area contributed by atoms with Crippen molar-refractivity contribution in [2.24, 2.45) is 0 Å². The first-order valence-corrected chi connectivity index (χ1v) is 39.2. The minimum Gasteiger partial charge on any atom is -0.394 e. The molecule has 0 radical (unpaired) electrons. The molecular formula is C77H153NO8. The van der Waals surface area contributed by atoms with Crippen LogP contribution >= 0.6 is 0 Å². The highest BCUT2D eigenvalue weighted by molar-refractivity contribution is 5.76. The zero-order valence-corrected chi connectivity index (χ0v) is 57.9. The second-order valence-electron chi connectivity index (χ2n) is 27.9. The normalized spacial score (nSPS) is 17.9. The number of amides is 1. The molecule has 6 N–H and O–H groups in total. The highest BCUT2D eigenvalue weighted by Crippen LogP contribution is 2.24. The van der Waals surface area contributed by atoms with Crippen LogP contribution in [0.25, 0.3) is 0 Å². The molecule has 1 aliphatic rings. The summed E-state index contributed by atoms with van der Waals surface area (Å²) < 4.78 is 11.4. The first-order valence-electron chi connectivity index (χ1n) is 39.2.